The number of thiazole rings is 1. The van der Waals surface area contributed by atoms with Gasteiger partial charge in [0.15, 0.2) is 16.6 Å². The predicted octanol–water partition coefficient (Wildman–Crippen LogP) is 5.46. The summed E-state index contributed by atoms with van der Waals surface area (Å²) in [5.74, 6) is 0.675. The second kappa shape index (κ2) is 14.0. The summed E-state index contributed by atoms with van der Waals surface area (Å²) in [6.07, 6.45) is 2.81. The van der Waals surface area contributed by atoms with Gasteiger partial charge in [-0.25, -0.2) is 4.98 Å². The van der Waals surface area contributed by atoms with Gasteiger partial charge in [0.05, 0.1) is 38.8 Å². The zero-order chi connectivity index (χ0) is 33.0. The van der Waals surface area contributed by atoms with Crippen molar-refractivity contribution in [3.05, 3.63) is 75.4 Å². The fraction of sp³-hybridized carbons (Fsp3) is 0.324. The van der Waals surface area contributed by atoms with Crippen molar-refractivity contribution in [1.29, 1.82) is 0 Å². The standard InChI is InChI=1S/C34H37N5O6S/c1-18(2)30(33(42)39-34-38-26(17-46-34)24-9-7-8-14-35-24)37-25-13-11-21-22(16-27(25)41)23(36-19(3)40)12-10-20-15-28(43-4)31(44-5)32(45-6)29(20)21/h7-9,11,13-18,23,30H,10,12H2,1-6H3,(H,36,40)(H,37,41)(H,38,39,42)/t23-,30-/m0/s1. The summed E-state index contributed by atoms with van der Waals surface area (Å²) in [6.45, 7) is 5.25. The summed E-state index contributed by atoms with van der Waals surface area (Å²) in [5, 5.41) is 11.4. The Morgan fingerprint density at radius 2 is 1.78 bits per heavy atom. The highest BCUT2D eigenvalue weighted by molar-refractivity contribution is 7.14. The van der Waals surface area contributed by atoms with E-state index in [1.54, 1.807) is 26.5 Å². The van der Waals surface area contributed by atoms with Crippen LogP contribution in [0.25, 0.3) is 22.5 Å². The van der Waals surface area contributed by atoms with Gasteiger partial charge >= 0.3 is 0 Å². The molecule has 3 N–H and O–H groups in total. The van der Waals surface area contributed by atoms with Crippen LogP contribution < -0.4 is 35.6 Å². The Hall–Kier alpha value is -4.97. The highest BCUT2D eigenvalue weighted by atomic mass is 32.1. The first kappa shape index (κ1) is 32.4. The number of nitrogens with zero attached hydrogens (tertiary/aromatic N) is 2. The highest BCUT2D eigenvalue weighted by Gasteiger charge is 2.30. The first-order chi connectivity index (χ1) is 22.1. The molecule has 2 aromatic heterocycles. The van der Waals surface area contributed by atoms with Crippen LogP contribution in [-0.4, -0.2) is 49.2 Å². The Labute approximate surface area is 271 Å². The molecule has 0 saturated heterocycles. The first-order valence-electron chi connectivity index (χ1n) is 14.9. The SMILES string of the molecule is COc1cc2c(c(OC)c1OC)-c1ccc(N[C@H](C(=O)Nc3nc(-c4ccccn4)cs3)C(C)C)c(=O)cc1[C@@H](NC(C)=O)CC2. The number of hydrogen-bond acceptors (Lipinski definition) is 10. The molecule has 1 aliphatic rings. The lowest BCUT2D eigenvalue weighted by molar-refractivity contribution is -0.120. The molecule has 4 aromatic rings. The number of anilines is 2. The van der Waals surface area contributed by atoms with Crippen molar-refractivity contribution in [2.24, 2.45) is 5.92 Å². The minimum atomic E-state index is -0.755. The van der Waals surface area contributed by atoms with Crippen molar-refractivity contribution in [2.45, 2.75) is 45.7 Å². The van der Waals surface area contributed by atoms with E-state index in [1.165, 1.54) is 31.4 Å². The monoisotopic (exact) mass is 643 g/mol. The molecule has 240 valence electrons. The average molecular weight is 644 g/mol. The van der Waals surface area contributed by atoms with Gasteiger partial charge < -0.3 is 30.2 Å². The van der Waals surface area contributed by atoms with E-state index in [0.29, 0.717) is 57.7 Å². The van der Waals surface area contributed by atoms with Gasteiger partial charge in [-0.2, -0.15) is 0 Å². The number of methoxy groups -OCH3 is 3. The average Bonchev–Trinajstić information content (AvgIpc) is 3.38. The number of ether oxygens (including phenoxy) is 3. The van der Waals surface area contributed by atoms with Crippen LogP contribution >= 0.6 is 11.3 Å². The zero-order valence-corrected chi connectivity index (χ0v) is 27.4. The van der Waals surface area contributed by atoms with Crippen LogP contribution in [0.4, 0.5) is 10.8 Å². The highest BCUT2D eigenvalue weighted by Crippen LogP contribution is 2.50. The Bertz CT molecular complexity index is 1810. The number of carbonyl (C=O) groups excluding carboxylic acids is 2. The molecule has 0 spiro atoms. The molecule has 46 heavy (non-hydrogen) atoms. The molecule has 1 aliphatic carbocycles. The molecule has 2 amide bonds. The number of carbonyl (C=O) groups is 2. The molecule has 0 fully saturated rings. The lowest BCUT2D eigenvalue weighted by atomic mass is 9.95. The number of benzene rings is 1. The maximum atomic E-state index is 13.8. The molecule has 2 heterocycles. The maximum absolute atomic E-state index is 13.8. The van der Waals surface area contributed by atoms with Crippen LogP contribution in [0.2, 0.25) is 0 Å². The van der Waals surface area contributed by atoms with Gasteiger partial charge in [-0.05, 0) is 65.8 Å². The minimum absolute atomic E-state index is 0.178. The van der Waals surface area contributed by atoms with E-state index in [-0.39, 0.29) is 28.8 Å². The van der Waals surface area contributed by atoms with Gasteiger partial charge in [0, 0.05) is 24.1 Å². The van der Waals surface area contributed by atoms with Gasteiger partial charge in [-0.15, -0.1) is 11.3 Å². The fourth-order valence-corrected chi connectivity index (χ4v) is 6.38. The van der Waals surface area contributed by atoms with Gasteiger partial charge in [0.2, 0.25) is 23.0 Å². The van der Waals surface area contributed by atoms with Crippen LogP contribution in [0.15, 0.2) is 58.8 Å². The predicted molar refractivity (Wildman–Crippen MR) is 179 cm³/mol. The summed E-state index contributed by atoms with van der Waals surface area (Å²) in [4.78, 5) is 48.5. The molecule has 0 aliphatic heterocycles. The van der Waals surface area contributed by atoms with Gasteiger partial charge in [-0.1, -0.05) is 26.0 Å². The summed E-state index contributed by atoms with van der Waals surface area (Å²) >= 11 is 1.30. The lowest BCUT2D eigenvalue weighted by Gasteiger charge is -2.21. The summed E-state index contributed by atoms with van der Waals surface area (Å²) in [5.41, 5.74) is 4.27. The fourth-order valence-electron chi connectivity index (χ4n) is 5.68. The van der Waals surface area contributed by atoms with Crippen LogP contribution in [0.1, 0.15) is 44.4 Å². The number of rotatable bonds is 10. The number of pyridine rings is 1. The van der Waals surface area contributed by atoms with E-state index in [9.17, 15) is 14.4 Å². The van der Waals surface area contributed by atoms with E-state index in [0.717, 1.165) is 11.1 Å². The lowest BCUT2D eigenvalue weighted by Crippen LogP contribution is -2.39. The van der Waals surface area contributed by atoms with Crippen LogP contribution in [0, 0.1) is 5.92 Å². The summed E-state index contributed by atoms with van der Waals surface area (Å²) in [6, 6.07) is 11.3. The molecule has 2 atom stereocenters. The largest absolute Gasteiger partial charge is 0.493 e. The molecule has 2 aromatic carbocycles. The third-order valence-corrected chi connectivity index (χ3v) is 8.60. The topological polar surface area (TPSA) is 141 Å². The molecular weight excluding hydrogens is 606 g/mol. The molecule has 0 bridgehead atoms. The van der Waals surface area contributed by atoms with Crippen LogP contribution in [-0.2, 0) is 16.0 Å². The van der Waals surface area contributed by atoms with Crippen molar-refractivity contribution < 1.29 is 23.8 Å². The number of fused-ring (bicyclic) bond motifs is 3. The summed E-state index contributed by atoms with van der Waals surface area (Å²) < 4.78 is 17.1. The van der Waals surface area contributed by atoms with E-state index < -0.39 is 12.1 Å². The molecule has 0 radical (unpaired) electrons. The number of nitrogens with one attached hydrogen (secondary N) is 3. The Balaban J connectivity index is 1.54. The van der Waals surface area contributed by atoms with E-state index >= 15 is 0 Å². The molecular formula is C34H37N5O6S. The van der Waals surface area contributed by atoms with Gasteiger partial charge in [0.1, 0.15) is 11.7 Å². The normalized spacial score (nSPS) is 14.3. The second-order valence-corrected chi connectivity index (χ2v) is 12.1. The first-order valence-corrected chi connectivity index (χ1v) is 15.7. The van der Waals surface area contributed by atoms with Gasteiger partial charge in [-0.3, -0.25) is 19.4 Å². The quantitative estimate of drug-likeness (QED) is 0.206. The van der Waals surface area contributed by atoms with Crippen LogP contribution in [0.3, 0.4) is 0 Å². The third kappa shape index (κ3) is 6.66. The molecule has 12 heteroatoms. The second-order valence-electron chi connectivity index (χ2n) is 11.2. The maximum Gasteiger partial charge on any atom is 0.248 e. The van der Waals surface area contributed by atoms with E-state index in [2.05, 4.69) is 25.9 Å². The number of hydrogen-bond donors (Lipinski definition) is 3. The Morgan fingerprint density at radius 1 is 1.00 bits per heavy atom. The van der Waals surface area contributed by atoms with Crippen molar-refractivity contribution >= 4 is 34.0 Å². The zero-order valence-electron chi connectivity index (χ0n) is 26.6. The van der Waals surface area contributed by atoms with Crippen molar-refractivity contribution in [3.63, 3.8) is 0 Å². The van der Waals surface area contributed by atoms with Crippen molar-refractivity contribution in [3.8, 4) is 39.8 Å². The third-order valence-electron chi connectivity index (χ3n) is 7.84. The van der Waals surface area contributed by atoms with E-state index in [1.807, 2.05) is 49.6 Å². The van der Waals surface area contributed by atoms with Crippen molar-refractivity contribution in [1.82, 2.24) is 15.3 Å². The number of amides is 2. The number of aromatic nitrogens is 2. The van der Waals surface area contributed by atoms with E-state index in [4.69, 9.17) is 14.2 Å². The molecule has 0 unspecified atom stereocenters. The smallest absolute Gasteiger partial charge is 0.248 e. The number of aryl methyl sites for hydroxylation is 1. The van der Waals surface area contributed by atoms with Crippen molar-refractivity contribution in [2.75, 3.05) is 32.0 Å². The Kier molecular flexibility index (Phi) is 9.86. The molecule has 11 nitrogen and oxygen atoms in total. The molecule has 0 saturated carbocycles. The van der Waals surface area contributed by atoms with Crippen LogP contribution in [0.5, 0.6) is 17.2 Å². The Morgan fingerprint density at radius 3 is 2.43 bits per heavy atom. The minimum Gasteiger partial charge on any atom is -0.493 e. The molecule has 5 rings (SSSR count). The van der Waals surface area contributed by atoms with Gasteiger partial charge in [0.25, 0.3) is 0 Å². The summed E-state index contributed by atoms with van der Waals surface area (Å²) in [7, 11) is 4.65.